The minimum absolute atomic E-state index is 0.173. The second kappa shape index (κ2) is 5.19. The lowest BCUT2D eigenvalue weighted by molar-refractivity contribution is 0.876. The van der Waals surface area contributed by atoms with E-state index >= 15 is 0 Å². The molecule has 0 aliphatic heterocycles. The summed E-state index contributed by atoms with van der Waals surface area (Å²) in [6, 6.07) is 9.96. The van der Waals surface area contributed by atoms with Crippen molar-refractivity contribution in [2.75, 3.05) is 11.1 Å². The molecule has 1 aromatic heterocycles. The molecule has 1 unspecified atom stereocenters. The minimum atomic E-state index is 0.173. The molecule has 3 N–H and O–H groups in total. The lowest BCUT2D eigenvalue weighted by Crippen LogP contribution is -2.08. The molecule has 1 aromatic carbocycles. The van der Waals surface area contributed by atoms with Crippen molar-refractivity contribution in [1.29, 1.82) is 0 Å². The van der Waals surface area contributed by atoms with Crippen LogP contribution in [-0.2, 0) is 0 Å². The van der Waals surface area contributed by atoms with Gasteiger partial charge < -0.3 is 11.1 Å². The number of anilines is 2. The fourth-order valence-electron chi connectivity index (χ4n) is 1.61. The van der Waals surface area contributed by atoms with Crippen LogP contribution < -0.4 is 11.1 Å². The number of aromatic nitrogens is 1. The molecular weight excluding hydrogens is 278 g/mol. The fourth-order valence-corrected chi connectivity index (χ4v) is 1.99. The number of pyridine rings is 1. The van der Waals surface area contributed by atoms with Gasteiger partial charge in [0, 0.05) is 16.9 Å². The molecule has 0 spiro atoms. The largest absolute Gasteiger partial charge is 0.397 e. The van der Waals surface area contributed by atoms with Gasteiger partial charge in [0.15, 0.2) is 0 Å². The maximum absolute atomic E-state index is 5.94. The Morgan fingerprint density at radius 3 is 2.82 bits per heavy atom. The van der Waals surface area contributed by atoms with Gasteiger partial charge in [0.25, 0.3) is 0 Å². The zero-order valence-corrected chi connectivity index (χ0v) is 11.1. The van der Waals surface area contributed by atoms with Gasteiger partial charge >= 0.3 is 0 Å². The Bertz CT molecular complexity index is 499. The Morgan fingerprint density at radius 2 is 2.18 bits per heavy atom. The molecule has 4 heteroatoms. The number of nitrogens with one attached hydrogen (secondary N) is 1. The molecule has 0 aliphatic rings. The van der Waals surface area contributed by atoms with E-state index in [4.69, 9.17) is 5.73 Å². The molecule has 1 heterocycles. The van der Waals surface area contributed by atoms with Crippen molar-refractivity contribution < 1.29 is 0 Å². The Labute approximate surface area is 109 Å². The van der Waals surface area contributed by atoms with Crippen molar-refractivity contribution in [1.82, 2.24) is 4.98 Å². The third-order valence-electron chi connectivity index (χ3n) is 2.57. The van der Waals surface area contributed by atoms with Gasteiger partial charge in [-0.2, -0.15) is 0 Å². The van der Waals surface area contributed by atoms with Crippen LogP contribution in [0.1, 0.15) is 18.5 Å². The molecule has 0 saturated heterocycles. The summed E-state index contributed by atoms with van der Waals surface area (Å²) >= 11 is 3.39. The van der Waals surface area contributed by atoms with Crippen LogP contribution in [0.15, 0.2) is 47.2 Å². The van der Waals surface area contributed by atoms with E-state index in [0.717, 1.165) is 21.4 Å². The number of nitrogen functional groups attached to an aromatic ring is 1. The molecule has 3 nitrogen and oxygen atoms in total. The smallest absolute Gasteiger partial charge is 0.0579 e. The Kier molecular flexibility index (Phi) is 3.64. The second-order valence-electron chi connectivity index (χ2n) is 3.88. The van der Waals surface area contributed by atoms with E-state index < -0.39 is 0 Å². The molecule has 0 fully saturated rings. The highest BCUT2D eigenvalue weighted by Gasteiger charge is 2.07. The molecule has 0 saturated carbocycles. The summed E-state index contributed by atoms with van der Waals surface area (Å²) in [7, 11) is 0. The second-order valence-corrected chi connectivity index (χ2v) is 4.80. The van der Waals surface area contributed by atoms with Gasteiger partial charge in [-0.3, -0.25) is 4.98 Å². The fraction of sp³-hybridized carbons (Fsp3) is 0.154. The van der Waals surface area contributed by atoms with Crippen LogP contribution >= 0.6 is 15.9 Å². The average molecular weight is 292 g/mol. The Morgan fingerprint density at radius 1 is 1.35 bits per heavy atom. The monoisotopic (exact) mass is 291 g/mol. The van der Waals surface area contributed by atoms with Crippen LogP contribution in [0.25, 0.3) is 0 Å². The van der Waals surface area contributed by atoms with Crippen LogP contribution in [0.4, 0.5) is 11.4 Å². The molecule has 0 amide bonds. The Hall–Kier alpha value is -1.55. The van der Waals surface area contributed by atoms with Crippen molar-refractivity contribution in [3.8, 4) is 0 Å². The minimum Gasteiger partial charge on any atom is -0.397 e. The maximum Gasteiger partial charge on any atom is 0.0579 e. The van der Waals surface area contributed by atoms with Crippen molar-refractivity contribution >= 4 is 27.3 Å². The standard InChI is InChI=1S/C13H14BrN3/c1-9(10-3-2-6-16-8-10)17-13-5-4-11(14)7-12(13)15/h2-9,17H,15H2,1H3. The van der Waals surface area contributed by atoms with E-state index in [1.807, 2.05) is 36.5 Å². The number of benzene rings is 1. The van der Waals surface area contributed by atoms with Crippen LogP contribution in [0, 0.1) is 0 Å². The highest BCUT2D eigenvalue weighted by atomic mass is 79.9. The first-order chi connectivity index (χ1) is 8.16. The first-order valence-corrected chi connectivity index (χ1v) is 6.17. The molecule has 2 rings (SSSR count). The van der Waals surface area contributed by atoms with E-state index in [1.54, 1.807) is 6.20 Å². The topological polar surface area (TPSA) is 50.9 Å². The van der Waals surface area contributed by atoms with E-state index in [1.165, 1.54) is 0 Å². The molecular formula is C13H14BrN3. The summed E-state index contributed by atoms with van der Waals surface area (Å²) in [4.78, 5) is 4.11. The van der Waals surface area contributed by atoms with Crippen LogP contribution in [0.5, 0.6) is 0 Å². The summed E-state index contributed by atoms with van der Waals surface area (Å²) in [5, 5.41) is 3.37. The summed E-state index contributed by atoms with van der Waals surface area (Å²) in [6.07, 6.45) is 3.62. The van der Waals surface area contributed by atoms with E-state index in [2.05, 4.69) is 33.2 Å². The third-order valence-corrected chi connectivity index (χ3v) is 3.06. The number of nitrogens with zero attached hydrogens (tertiary/aromatic N) is 1. The van der Waals surface area contributed by atoms with Gasteiger partial charge in [0.05, 0.1) is 17.4 Å². The highest BCUT2D eigenvalue weighted by Crippen LogP contribution is 2.26. The lowest BCUT2D eigenvalue weighted by Gasteiger charge is -2.16. The van der Waals surface area contributed by atoms with Crippen LogP contribution in [0.3, 0.4) is 0 Å². The Balaban J connectivity index is 2.16. The zero-order chi connectivity index (χ0) is 12.3. The molecule has 1 atom stereocenters. The molecule has 17 heavy (non-hydrogen) atoms. The molecule has 2 aromatic rings. The average Bonchev–Trinajstić information content (AvgIpc) is 2.34. The van der Waals surface area contributed by atoms with Gasteiger partial charge in [-0.25, -0.2) is 0 Å². The number of halogens is 1. The van der Waals surface area contributed by atoms with E-state index in [0.29, 0.717) is 0 Å². The number of hydrogen-bond acceptors (Lipinski definition) is 3. The van der Waals surface area contributed by atoms with Crippen LogP contribution in [-0.4, -0.2) is 4.98 Å². The number of hydrogen-bond donors (Lipinski definition) is 2. The van der Waals surface area contributed by atoms with Gasteiger partial charge in [-0.15, -0.1) is 0 Å². The lowest BCUT2D eigenvalue weighted by atomic mass is 10.1. The van der Waals surface area contributed by atoms with Gasteiger partial charge in [0.1, 0.15) is 0 Å². The summed E-state index contributed by atoms with van der Waals surface area (Å²) in [5.74, 6) is 0. The number of nitrogens with two attached hydrogens (primary N) is 1. The quantitative estimate of drug-likeness (QED) is 0.850. The first-order valence-electron chi connectivity index (χ1n) is 5.38. The normalized spacial score (nSPS) is 12.1. The molecule has 0 bridgehead atoms. The summed E-state index contributed by atoms with van der Waals surface area (Å²) < 4.78 is 0.981. The van der Waals surface area contributed by atoms with Gasteiger partial charge in [-0.1, -0.05) is 22.0 Å². The van der Waals surface area contributed by atoms with E-state index in [-0.39, 0.29) is 6.04 Å². The predicted molar refractivity (Wildman–Crippen MR) is 74.8 cm³/mol. The molecule has 0 radical (unpaired) electrons. The van der Waals surface area contributed by atoms with Gasteiger partial charge in [-0.05, 0) is 36.8 Å². The van der Waals surface area contributed by atoms with E-state index in [9.17, 15) is 0 Å². The first kappa shape index (κ1) is 11.9. The third kappa shape index (κ3) is 2.97. The predicted octanol–water partition coefficient (Wildman–Crippen LogP) is 3.60. The molecule has 0 aliphatic carbocycles. The van der Waals surface area contributed by atoms with Crippen molar-refractivity contribution in [3.05, 3.63) is 52.8 Å². The van der Waals surface area contributed by atoms with Crippen molar-refractivity contribution in [3.63, 3.8) is 0 Å². The van der Waals surface area contributed by atoms with Crippen molar-refractivity contribution in [2.24, 2.45) is 0 Å². The summed E-state index contributed by atoms with van der Waals surface area (Å²) in [6.45, 7) is 2.08. The van der Waals surface area contributed by atoms with Crippen molar-refractivity contribution in [2.45, 2.75) is 13.0 Å². The zero-order valence-electron chi connectivity index (χ0n) is 9.52. The number of rotatable bonds is 3. The highest BCUT2D eigenvalue weighted by molar-refractivity contribution is 9.10. The van der Waals surface area contributed by atoms with Gasteiger partial charge in [0.2, 0.25) is 0 Å². The van der Waals surface area contributed by atoms with Crippen LogP contribution in [0.2, 0.25) is 0 Å². The molecule has 88 valence electrons. The SMILES string of the molecule is CC(Nc1ccc(Br)cc1N)c1cccnc1. The summed E-state index contributed by atoms with van der Waals surface area (Å²) in [5.41, 5.74) is 8.74. The maximum atomic E-state index is 5.94.